The van der Waals surface area contributed by atoms with Gasteiger partial charge in [-0.05, 0) is 56.5 Å². The molecule has 3 heterocycles. The summed E-state index contributed by atoms with van der Waals surface area (Å²) in [6, 6.07) is 0.240. The van der Waals surface area contributed by atoms with E-state index >= 15 is 0 Å². The molecule has 1 N–H and O–H groups in total. The Morgan fingerprint density at radius 2 is 2.00 bits per heavy atom. The molecule has 164 valence electrons. The predicted octanol–water partition coefficient (Wildman–Crippen LogP) is 4.68. The van der Waals surface area contributed by atoms with Crippen LogP contribution in [0.1, 0.15) is 52.3 Å². The Morgan fingerprint density at radius 3 is 2.63 bits per heavy atom. The molecular formula is C21H30BrN5O2S. The molecule has 0 aromatic carbocycles. The second kappa shape index (κ2) is 8.59. The highest BCUT2D eigenvalue weighted by molar-refractivity contribution is 9.10. The third-order valence-corrected chi connectivity index (χ3v) is 7.15. The van der Waals surface area contributed by atoms with Crippen molar-refractivity contribution in [2.45, 2.75) is 58.1 Å². The summed E-state index contributed by atoms with van der Waals surface area (Å²) in [6.45, 7) is 11.9. The monoisotopic (exact) mass is 495 g/mol. The van der Waals surface area contributed by atoms with E-state index in [4.69, 9.17) is 14.7 Å². The van der Waals surface area contributed by atoms with Gasteiger partial charge in [0.25, 0.3) is 0 Å². The summed E-state index contributed by atoms with van der Waals surface area (Å²) < 4.78 is 7.64. The second-order valence-electron chi connectivity index (χ2n) is 9.28. The van der Waals surface area contributed by atoms with Crippen molar-refractivity contribution < 1.29 is 9.53 Å². The third kappa shape index (κ3) is 5.23. The first-order chi connectivity index (χ1) is 14.2. The zero-order chi connectivity index (χ0) is 21.5. The van der Waals surface area contributed by atoms with E-state index in [1.54, 1.807) is 16.2 Å². The van der Waals surface area contributed by atoms with Gasteiger partial charge in [-0.2, -0.15) is 0 Å². The quantitative estimate of drug-likeness (QED) is 0.648. The lowest BCUT2D eigenvalue weighted by Crippen LogP contribution is -2.51. The first-order valence-electron chi connectivity index (χ1n) is 10.6. The van der Waals surface area contributed by atoms with Crippen LogP contribution in [0, 0.1) is 0 Å². The summed E-state index contributed by atoms with van der Waals surface area (Å²) in [5, 5.41) is 5.71. The molecular weight excluding hydrogens is 466 g/mol. The summed E-state index contributed by atoms with van der Waals surface area (Å²) in [7, 11) is 0. The maximum Gasteiger partial charge on any atom is 0.410 e. The standard InChI is InChI=1S/C21H30BrN5O2S/c1-13(11-26-7-9-27(10-8-26)20(28)29-21(2,3)4)23-19-17-16(15(22)12-30-17)24-18(25-19)14-5-6-14/h12-14H,5-11H2,1-4H3,(H,23,24,25)/t13-/m0/s1. The highest BCUT2D eigenvalue weighted by Crippen LogP contribution is 2.41. The summed E-state index contributed by atoms with van der Waals surface area (Å²) in [6.07, 6.45) is 2.15. The number of thiophene rings is 1. The van der Waals surface area contributed by atoms with Crippen LogP contribution in [0.5, 0.6) is 0 Å². The predicted molar refractivity (Wildman–Crippen MR) is 124 cm³/mol. The Labute approximate surface area is 190 Å². The number of piperazine rings is 1. The smallest absolute Gasteiger partial charge is 0.410 e. The van der Waals surface area contributed by atoms with Crippen molar-refractivity contribution in [3.8, 4) is 0 Å². The summed E-state index contributed by atoms with van der Waals surface area (Å²) in [4.78, 5) is 26.1. The van der Waals surface area contributed by atoms with Gasteiger partial charge in [0.2, 0.25) is 0 Å². The molecule has 0 radical (unpaired) electrons. The van der Waals surface area contributed by atoms with Crippen molar-refractivity contribution in [1.82, 2.24) is 19.8 Å². The number of carbonyl (C=O) groups is 1. The first kappa shape index (κ1) is 21.8. The second-order valence-corrected chi connectivity index (χ2v) is 11.0. The zero-order valence-electron chi connectivity index (χ0n) is 18.1. The lowest BCUT2D eigenvalue weighted by atomic mass is 10.2. The van der Waals surface area contributed by atoms with Crippen LogP contribution in [-0.4, -0.2) is 70.2 Å². The maximum atomic E-state index is 12.3. The Kier molecular flexibility index (Phi) is 6.23. The molecule has 4 rings (SSSR count). The molecule has 0 unspecified atom stereocenters. The van der Waals surface area contributed by atoms with Gasteiger partial charge >= 0.3 is 6.09 Å². The Morgan fingerprint density at radius 1 is 1.30 bits per heavy atom. The third-order valence-electron chi connectivity index (χ3n) is 5.27. The van der Waals surface area contributed by atoms with Gasteiger partial charge in [0.05, 0.1) is 9.17 Å². The molecule has 1 aliphatic heterocycles. The number of anilines is 1. The van der Waals surface area contributed by atoms with E-state index in [0.717, 1.165) is 46.0 Å². The average molecular weight is 496 g/mol. The van der Waals surface area contributed by atoms with Crippen LogP contribution in [0.2, 0.25) is 0 Å². The molecule has 1 saturated heterocycles. The molecule has 2 aliphatic rings. The summed E-state index contributed by atoms with van der Waals surface area (Å²) in [5.74, 6) is 2.41. The van der Waals surface area contributed by atoms with E-state index in [9.17, 15) is 4.79 Å². The fraction of sp³-hybridized carbons (Fsp3) is 0.667. The number of hydrogen-bond acceptors (Lipinski definition) is 7. The van der Waals surface area contributed by atoms with Gasteiger partial charge in [0, 0.05) is 50.1 Å². The highest BCUT2D eigenvalue weighted by Gasteiger charge is 2.29. The van der Waals surface area contributed by atoms with Gasteiger partial charge in [0.15, 0.2) is 0 Å². The van der Waals surface area contributed by atoms with Crippen LogP contribution in [0.4, 0.5) is 10.6 Å². The van der Waals surface area contributed by atoms with Crippen LogP contribution < -0.4 is 5.32 Å². The topological polar surface area (TPSA) is 70.6 Å². The Hall–Kier alpha value is -1.45. The van der Waals surface area contributed by atoms with E-state index < -0.39 is 5.60 Å². The number of rotatable bonds is 5. The minimum Gasteiger partial charge on any atom is -0.444 e. The van der Waals surface area contributed by atoms with Crippen LogP contribution in [0.25, 0.3) is 10.2 Å². The fourth-order valence-electron chi connectivity index (χ4n) is 3.64. The van der Waals surface area contributed by atoms with Crippen molar-refractivity contribution in [3.05, 3.63) is 15.7 Å². The number of carbonyl (C=O) groups excluding carboxylic acids is 1. The van der Waals surface area contributed by atoms with Crippen molar-refractivity contribution in [1.29, 1.82) is 0 Å². The molecule has 2 aromatic rings. The molecule has 2 fully saturated rings. The van der Waals surface area contributed by atoms with Crippen molar-refractivity contribution in [2.24, 2.45) is 0 Å². The molecule has 1 amide bonds. The van der Waals surface area contributed by atoms with Gasteiger partial charge in [-0.25, -0.2) is 14.8 Å². The molecule has 0 spiro atoms. The zero-order valence-corrected chi connectivity index (χ0v) is 20.5. The van der Waals surface area contributed by atoms with Gasteiger partial charge in [-0.15, -0.1) is 11.3 Å². The fourth-order valence-corrected chi connectivity index (χ4v) is 5.15. The minimum atomic E-state index is -0.453. The SMILES string of the molecule is C[C@@H](CN1CCN(C(=O)OC(C)(C)C)CC1)Nc1nc(C2CC2)nc2c(Br)csc12. The average Bonchev–Trinajstić information content (AvgIpc) is 3.45. The minimum absolute atomic E-state index is 0.215. The van der Waals surface area contributed by atoms with Crippen LogP contribution in [0.3, 0.4) is 0 Å². The molecule has 7 nitrogen and oxygen atoms in total. The van der Waals surface area contributed by atoms with E-state index in [0.29, 0.717) is 19.0 Å². The van der Waals surface area contributed by atoms with Gasteiger partial charge in [-0.1, -0.05) is 0 Å². The van der Waals surface area contributed by atoms with Gasteiger partial charge in [0.1, 0.15) is 22.8 Å². The maximum absolute atomic E-state index is 12.3. The van der Waals surface area contributed by atoms with Crippen molar-refractivity contribution >= 4 is 49.4 Å². The Bertz CT molecular complexity index is 916. The number of hydrogen-bond donors (Lipinski definition) is 1. The highest BCUT2D eigenvalue weighted by atomic mass is 79.9. The number of aromatic nitrogens is 2. The molecule has 2 aromatic heterocycles. The normalized spacial score (nSPS) is 19.2. The van der Waals surface area contributed by atoms with Crippen LogP contribution in [-0.2, 0) is 4.74 Å². The number of ether oxygens (including phenoxy) is 1. The van der Waals surface area contributed by atoms with Crippen LogP contribution in [0.15, 0.2) is 9.85 Å². The number of amides is 1. The molecule has 1 atom stereocenters. The molecule has 0 bridgehead atoms. The molecule has 1 saturated carbocycles. The van der Waals surface area contributed by atoms with Crippen molar-refractivity contribution in [3.63, 3.8) is 0 Å². The number of nitrogens with zero attached hydrogens (tertiary/aromatic N) is 4. The van der Waals surface area contributed by atoms with E-state index in [-0.39, 0.29) is 12.1 Å². The lowest BCUT2D eigenvalue weighted by molar-refractivity contribution is 0.0144. The molecule has 30 heavy (non-hydrogen) atoms. The van der Waals surface area contributed by atoms with Gasteiger partial charge in [-0.3, -0.25) is 4.90 Å². The number of halogens is 1. The molecule has 1 aliphatic carbocycles. The Balaban J connectivity index is 1.35. The largest absolute Gasteiger partial charge is 0.444 e. The summed E-state index contributed by atoms with van der Waals surface area (Å²) in [5.41, 5.74) is 0.559. The summed E-state index contributed by atoms with van der Waals surface area (Å²) >= 11 is 5.30. The lowest BCUT2D eigenvalue weighted by Gasteiger charge is -2.36. The van der Waals surface area contributed by atoms with Crippen molar-refractivity contribution in [2.75, 3.05) is 38.0 Å². The first-order valence-corrected chi connectivity index (χ1v) is 12.3. The number of nitrogens with one attached hydrogen (secondary N) is 1. The van der Waals surface area contributed by atoms with E-state index in [1.165, 1.54) is 12.8 Å². The van der Waals surface area contributed by atoms with E-state index in [1.807, 2.05) is 20.8 Å². The van der Waals surface area contributed by atoms with E-state index in [2.05, 4.69) is 38.5 Å². The van der Waals surface area contributed by atoms with Gasteiger partial charge < -0.3 is 15.0 Å². The van der Waals surface area contributed by atoms with Crippen LogP contribution >= 0.6 is 27.3 Å². The number of fused-ring (bicyclic) bond motifs is 1. The molecule has 9 heteroatoms.